The fourth-order valence-corrected chi connectivity index (χ4v) is 2.93. The number of likely N-dealkylation sites (N-methyl/N-ethyl adjacent to an activating group) is 1. The van der Waals surface area contributed by atoms with Gasteiger partial charge in [0.1, 0.15) is 0 Å². The number of halogens is 1. The van der Waals surface area contributed by atoms with Gasteiger partial charge in [0, 0.05) is 29.8 Å². The Labute approximate surface area is 174 Å². The Bertz CT molecular complexity index is 1060. The maximum Gasteiger partial charge on any atom is 0.274 e. The number of amides is 2. The molecule has 0 aliphatic carbocycles. The Morgan fingerprint density at radius 1 is 1.17 bits per heavy atom. The van der Waals surface area contributed by atoms with Gasteiger partial charge in [0.25, 0.3) is 11.6 Å². The normalized spacial score (nSPS) is 10.4. The van der Waals surface area contributed by atoms with Gasteiger partial charge in [0.05, 0.1) is 22.8 Å². The van der Waals surface area contributed by atoms with E-state index in [4.69, 9.17) is 0 Å². The van der Waals surface area contributed by atoms with Gasteiger partial charge >= 0.3 is 0 Å². The number of carbonyl (C=O) groups is 2. The molecular weight excluding hydrogens is 442 g/mol. The van der Waals surface area contributed by atoms with Crippen molar-refractivity contribution in [3.63, 3.8) is 0 Å². The van der Waals surface area contributed by atoms with E-state index in [1.165, 1.54) is 47.0 Å². The minimum absolute atomic E-state index is 0.0343. The molecule has 10 heteroatoms. The molecule has 148 valence electrons. The van der Waals surface area contributed by atoms with Crippen molar-refractivity contribution in [2.24, 2.45) is 0 Å². The van der Waals surface area contributed by atoms with E-state index >= 15 is 0 Å². The van der Waals surface area contributed by atoms with Crippen LogP contribution in [0.4, 0.5) is 11.4 Å². The highest BCUT2D eigenvalue weighted by Gasteiger charge is 2.18. The number of hydrogen-bond donors (Lipinski definition) is 1. The molecule has 0 spiro atoms. The van der Waals surface area contributed by atoms with Gasteiger partial charge in [-0.3, -0.25) is 19.7 Å². The number of rotatable bonds is 6. The molecule has 0 aliphatic rings. The first-order chi connectivity index (χ1) is 13.8. The van der Waals surface area contributed by atoms with E-state index < -0.39 is 10.8 Å². The predicted octanol–water partition coefficient (Wildman–Crippen LogP) is 3.25. The molecule has 0 fully saturated rings. The summed E-state index contributed by atoms with van der Waals surface area (Å²) < 4.78 is 2.18. The zero-order valence-corrected chi connectivity index (χ0v) is 16.9. The van der Waals surface area contributed by atoms with Crippen LogP contribution in [0, 0.1) is 10.1 Å². The van der Waals surface area contributed by atoms with Crippen molar-refractivity contribution in [1.82, 2.24) is 14.7 Å². The molecule has 3 rings (SSSR count). The number of nitrogens with zero attached hydrogens (tertiary/aromatic N) is 4. The molecule has 0 saturated carbocycles. The fourth-order valence-electron chi connectivity index (χ4n) is 2.54. The monoisotopic (exact) mass is 457 g/mol. The molecule has 29 heavy (non-hydrogen) atoms. The van der Waals surface area contributed by atoms with Gasteiger partial charge in [-0.05, 0) is 46.3 Å². The summed E-state index contributed by atoms with van der Waals surface area (Å²) in [5.74, 6) is -0.768. The van der Waals surface area contributed by atoms with Crippen LogP contribution in [0.1, 0.15) is 10.5 Å². The molecule has 1 N–H and O–H groups in total. The SMILES string of the molecule is CN(CC(=O)Nc1ccccc1Br)C(=O)c1ccn(-c2ccc([N+](=O)[O-])cc2)n1. The highest BCUT2D eigenvalue weighted by molar-refractivity contribution is 9.10. The smallest absolute Gasteiger partial charge is 0.274 e. The van der Waals surface area contributed by atoms with Crippen LogP contribution in [-0.4, -0.2) is 45.0 Å². The number of non-ortho nitro benzene ring substituents is 1. The number of para-hydroxylation sites is 1. The summed E-state index contributed by atoms with van der Waals surface area (Å²) in [5.41, 5.74) is 1.30. The van der Waals surface area contributed by atoms with E-state index in [1.807, 2.05) is 6.07 Å². The number of nitrogens with one attached hydrogen (secondary N) is 1. The fraction of sp³-hybridized carbons (Fsp3) is 0.105. The van der Waals surface area contributed by atoms with Gasteiger partial charge in [-0.2, -0.15) is 5.10 Å². The lowest BCUT2D eigenvalue weighted by molar-refractivity contribution is -0.384. The van der Waals surface area contributed by atoms with Crippen molar-refractivity contribution in [1.29, 1.82) is 0 Å². The van der Waals surface area contributed by atoms with Crippen LogP contribution in [0.2, 0.25) is 0 Å². The maximum absolute atomic E-state index is 12.6. The first-order valence-corrected chi connectivity index (χ1v) is 9.25. The molecule has 0 aliphatic heterocycles. The highest BCUT2D eigenvalue weighted by atomic mass is 79.9. The number of nitro benzene ring substituents is 1. The van der Waals surface area contributed by atoms with E-state index in [-0.39, 0.29) is 23.8 Å². The Hall–Kier alpha value is -3.53. The number of hydrogen-bond acceptors (Lipinski definition) is 5. The molecule has 0 atom stereocenters. The Morgan fingerprint density at radius 2 is 1.86 bits per heavy atom. The Kier molecular flexibility index (Phi) is 6.03. The summed E-state index contributed by atoms with van der Waals surface area (Å²) in [7, 11) is 1.51. The van der Waals surface area contributed by atoms with Crippen molar-refractivity contribution >= 4 is 39.1 Å². The zero-order valence-electron chi connectivity index (χ0n) is 15.3. The van der Waals surface area contributed by atoms with Crippen LogP contribution in [-0.2, 0) is 4.79 Å². The molecule has 2 aromatic carbocycles. The van der Waals surface area contributed by atoms with Crippen molar-refractivity contribution < 1.29 is 14.5 Å². The van der Waals surface area contributed by atoms with Gasteiger partial charge in [-0.1, -0.05) is 12.1 Å². The van der Waals surface area contributed by atoms with Crippen molar-refractivity contribution in [2.45, 2.75) is 0 Å². The first kappa shape index (κ1) is 20.2. The molecule has 0 radical (unpaired) electrons. The third-order valence-electron chi connectivity index (χ3n) is 4.01. The van der Waals surface area contributed by atoms with E-state index in [1.54, 1.807) is 24.4 Å². The molecule has 1 heterocycles. The van der Waals surface area contributed by atoms with Gasteiger partial charge in [-0.25, -0.2) is 4.68 Å². The Balaban J connectivity index is 1.65. The average Bonchev–Trinajstić information content (AvgIpc) is 3.19. The number of nitro groups is 1. The molecule has 0 saturated heterocycles. The van der Waals surface area contributed by atoms with Gasteiger partial charge < -0.3 is 10.2 Å². The second-order valence-electron chi connectivity index (χ2n) is 6.11. The molecule has 0 bridgehead atoms. The first-order valence-electron chi connectivity index (χ1n) is 8.45. The summed E-state index contributed by atoms with van der Waals surface area (Å²) in [6, 6.07) is 14.5. The second kappa shape index (κ2) is 8.65. The second-order valence-corrected chi connectivity index (χ2v) is 6.96. The third kappa shape index (κ3) is 4.85. The summed E-state index contributed by atoms with van der Waals surface area (Å²) in [4.78, 5) is 36.3. The Morgan fingerprint density at radius 3 is 2.52 bits per heavy atom. The molecule has 2 amide bonds. The van der Waals surface area contributed by atoms with Crippen LogP contribution in [0.15, 0.2) is 65.3 Å². The van der Waals surface area contributed by atoms with Gasteiger partial charge in [0.15, 0.2) is 5.69 Å². The van der Waals surface area contributed by atoms with E-state index in [2.05, 4.69) is 26.3 Å². The van der Waals surface area contributed by atoms with E-state index in [9.17, 15) is 19.7 Å². The van der Waals surface area contributed by atoms with Crippen LogP contribution < -0.4 is 5.32 Å². The molecule has 9 nitrogen and oxygen atoms in total. The topological polar surface area (TPSA) is 110 Å². The largest absolute Gasteiger partial charge is 0.331 e. The van der Waals surface area contributed by atoms with Crippen molar-refractivity contribution in [3.8, 4) is 5.69 Å². The standard InChI is InChI=1S/C19H16BrN5O4/c1-23(12-18(26)21-16-5-3-2-4-15(16)20)19(27)17-10-11-24(22-17)13-6-8-14(9-7-13)25(28)29/h2-11H,12H2,1H3,(H,21,26). The van der Waals surface area contributed by atoms with E-state index in [0.717, 1.165) is 4.47 Å². The lowest BCUT2D eigenvalue weighted by Gasteiger charge is -2.16. The van der Waals surface area contributed by atoms with E-state index in [0.29, 0.717) is 11.4 Å². The zero-order chi connectivity index (χ0) is 21.0. The molecule has 0 unspecified atom stereocenters. The van der Waals surface area contributed by atoms with Gasteiger partial charge in [0.2, 0.25) is 5.91 Å². The summed E-state index contributed by atoms with van der Waals surface area (Å²) in [6.07, 6.45) is 1.57. The average molecular weight is 458 g/mol. The van der Waals surface area contributed by atoms with Crippen LogP contribution in [0.25, 0.3) is 5.69 Å². The quantitative estimate of drug-likeness (QED) is 0.451. The summed E-state index contributed by atoms with van der Waals surface area (Å²) in [6.45, 7) is -0.148. The number of benzene rings is 2. The number of aromatic nitrogens is 2. The third-order valence-corrected chi connectivity index (χ3v) is 4.70. The lowest BCUT2D eigenvalue weighted by atomic mass is 10.3. The highest BCUT2D eigenvalue weighted by Crippen LogP contribution is 2.21. The molecule has 3 aromatic rings. The summed E-state index contributed by atoms with van der Waals surface area (Å²) in [5, 5.41) is 17.7. The minimum Gasteiger partial charge on any atom is -0.331 e. The maximum atomic E-state index is 12.6. The molecular formula is C19H16BrN5O4. The van der Waals surface area contributed by atoms with Crippen molar-refractivity contribution in [2.75, 3.05) is 18.9 Å². The predicted molar refractivity (Wildman–Crippen MR) is 110 cm³/mol. The number of carbonyl (C=O) groups excluding carboxylic acids is 2. The molecule has 1 aromatic heterocycles. The number of anilines is 1. The van der Waals surface area contributed by atoms with Crippen LogP contribution in [0.3, 0.4) is 0 Å². The minimum atomic E-state index is -0.490. The van der Waals surface area contributed by atoms with Crippen LogP contribution >= 0.6 is 15.9 Å². The van der Waals surface area contributed by atoms with Crippen molar-refractivity contribution in [3.05, 3.63) is 81.1 Å². The summed E-state index contributed by atoms with van der Waals surface area (Å²) >= 11 is 3.35. The van der Waals surface area contributed by atoms with Gasteiger partial charge in [-0.15, -0.1) is 0 Å². The lowest BCUT2D eigenvalue weighted by Crippen LogP contribution is -2.35. The van der Waals surface area contributed by atoms with Crippen LogP contribution in [0.5, 0.6) is 0 Å².